The minimum absolute atomic E-state index is 0.0492. The molecule has 2 amide bonds. The maximum absolute atomic E-state index is 12.8. The minimum Gasteiger partial charge on any atom is -0.478 e. The molecule has 0 unspecified atom stereocenters. The minimum atomic E-state index is -1.05. The number of thioether (sulfide) groups is 1. The van der Waals surface area contributed by atoms with Crippen LogP contribution in [0.1, 0.15) is 16.8 Å². The number of halogens is 1. The van der Waals surface area contributed by atoms with Crippen molar-refractivity contribution in [3.63, 3.8) is 0 Å². The molecule has 1 fully saturated rings. The van der Waals surface area contributed by atoms with Gasteiger partial charge < -0.3 is 10.4 Å². The second-order valence-corrected chi connectivity index (χ2v) is 7.96. The van der Waals surface area contributed by atoms with Crippen LogP contribution in [0, 0.1) is 0 Å². The van der Waals surface area contributed by atoms with Crippen molar-refractivity contribution in [2.75, 3.05) is 11.9 Å². The molecule has 0 bridgehead atoms. The number of carbonyl (C=O) groups is 3. The van der Waals surface area contributed by atoms with Gasteiger partial charge in [-0.15, -0.1) is 6.58 Å². The van der Waals surface area contributed by atoms with Crippen LogP contribution in [-0.2, 0) is 9.59 Å². The third kappa shape index (κ3) is 5.28. The Bertz CT molecular complexity index is 1020. The van der Waals surface area contributed by atoms with Crippen molar-refractivity contribution < 1.29 is 19.5 Å². The Morgan fingerprint density at radius 3 is 2.63 bits per heavy atom. The van der Waals surface area contributed by atoms with Gasteiger partial charge in [0.2, 0.25) is 11.8 Å². The number of carbonyl (C=O) groups excluding carboxylic acids is 2. The van der Waals surface area contributed by atoms with Gasteiger partial charge in [0.1, 0.15) is 5.25 Å². The van der Waals surface area contributed by atoms with Gasteiger partial charge in [0, 0.05) is 23.7 Å². The molecule has 1 heterocycles. The number of anilines is 1. The third-order valence-electron chi connectivity index (χ3n) is 4.15. The van der Waals surface area contributed by atoms with Gasteiger partial charge in [-0.05, 0) is 42.5 Å². The largest absolute Gasteiger partial charge is 0.478 e. The van der Waals surface area contributed by atoms with Crippen LogP contribution in [-0.4, -0.2) is 44.8 Å². The number of aromatic carboxylic acids is 1. The molecule has 3 rings (SSSR count). The van der Waals surface area contributed by atoms with Gasteiger partial charge in [-0.1, -0.05) is 35.5 Å². The molecule has 0 spiro atoms. The number of benzene rings is 2. The molecular formula is C21H18ClN3O4S. The zero-order valence-corrected chi connectivity index (χ0v) is 17.3. The monoisotopic (exact) mass is 443 g/mol. The normalized spacial score (nSPS) is 17.2. The Labute approximate surface area is 182 Å². The molecule has 1 atom stereocenters. The van der Waals surface area contributed by atoms with Crippen LogP contribution in [0.25, 0.3) is 0 Å². The van der Waals surface area contributed by atoms with Gasteiger partial charge in [-0.25, -0.2) is 9.79 Å². The van der Waals surface area contributed by atoms with Gasteiger partial charge in [-0.3, -0.25) is 14.5 Å². The third-order valence-corrected chi connectivity index (χ3v) is 5.56. The van der Waals surface area contributed by atoms with Crippen LogP contribution in [0.2, 0.25) is 5.02 Å². The van der Waals surface area contributed by atoms with Crippen molar-refractivity contribution in [2.24, 2.45) is 4.99 Å². The van der Waals surface area contributed by atoms with Crippen LogP contribution in [0.5, 0.6) is 0 Å². The molecule has 30 heavy (non-hydrogen) atoms. The number of amidine groups is 1. The number of amides is 2. The van der Waals surface area contributed by atoms with E-state index >= 15 is 0 Å². The van der Waals surface area contributed by atoms with E-state index in [1.54, 1.807) is 30.3 Å². The first kappa shape index (κ1) is 21.6. The van der Waals surface area contributed by atoms with Crippen molar-refractivity contribution in [1.82, 2.24) is 4.90 Å². The van der Waals surface area contributed by atoms with E-state index in [0.29, 0.717) is 21.6 Å². The summed E-state index contributed by atoms with van der Waals surface area (Å²) in [4.78, 5) is 42.1. The van der Waals surface area contributed by atoms with Gasteiger partial charge in [0.05, 0.1) is 11.3 Å². The van der Waals surface area contributed by atoms with Crippen LogP contribution in [0.4, 0.5) is 11.4 Å². The standard InChI is InChI=1S/C21H18ClN3O4S/c1-2-10-25-19(27)17(30-21(25)24-16-5-3-4-14(22)11-16)12-18(26)23-15-8-6-13(7-9-15)20(28)29/h2-9,11,17H,1,10,12H2,(H,23,26)(H,28,29)/t17-/m1/s1. The highest BCUT2D eigenvalue weighted by Crippen LogP contribution is 2.32. The van der Waals surface area contributed by atoms with Crippen molar-refractivity contribution in [2.45, 2.75) is 11.7 Å². The van der Waals surface area contributed by atoms with Crippen molar-refractivity contribution >= 4 is 57.7 Å². The van der Waals surface area contributed by atoms with E-state index in [4.69, 9.17) is 16.7 Å². The van der Waals surface area contributed by atoms with Crippen LogP contribution in [0.15, 0.2) is 66.2 Å². The van der Waals surface area contributed by atoms with E-state index in [0.717, 1.165) is 0 Å². The summed E-state index contributed by atoms with van der Waals surface area (Å²) in [6.07, 6.45) is 1.55. The van der Waals surface area contributed by atoms with Gasteiger partial charge in [0.25, 0.3) is 0 Å². The topological polar surface area (TPSA) is 99.1 Å². The smallest absolute Gasteiger partial charge is 0.335 e. The molecule has 0 aromatic heterocycles. The average molecular weight is 444 g/mol. The summed E-state index contributed by atoms with van der Waals surface area (Å²) < 4.78 is 0. The number of rotatable bonds is 7. The molecule has 0 saturated carbocycles. The molecule has 2 aromatic rings. The summed E-state index contributed by atoms with van der Waals surface area (Å²) in [5.41, 5.74) is 1.18. The highest BCUT2D eigenvalue weighted by atomic mass is 35.5. The summed E-state index contributed by atoms with van der Waals surface area (Å²) in [5.74, 6) is -1.63. The quantitative estimate of drug-likeness (QED) is 0.625. The number of carboxylic acids is 1. The summed E-state index contributed by atoms with van der Waals surface area (Å²) in [6.45, 7) is 3.95. The number of hydrogen-bond acceptors (Lipinski definition) is 5. The van der Waals surface area contributed by atoms with E-state index in [2.05, 4.69) is 16.9 Å². The first-order chi connectivity index (χ1) is 14.4. The Kier molecular flexibility index (Phi) is 6.91. The van der Waals surface area contributed by atoms with Crippen molar-refractivity contribution in [1.29, 1.82) is 0 Å². The second-order valence-electron chi connectivity index (χ2n) is 6.35. The van der Waals surface area contributed by atoms with Crippen LogP contribution < -0.4 is 5.32 Å². The van der Waals surface area contributed by atoms with E-state index in [1.165, 1.54) is 40.9 Å². The van der Waals surface area contributed by atoms with Crippen LogP contribution in [0.3, 0.4) is 0 Å². The lowest BCUT2D eigenvalue weighted by atomic mass is 10.2. The van der Waals surface area contributed by atoms with Crippen molar-refractivity contribution in [3.8, 4) is 0 Å². The van der Waals surface area contributed by atoms with E-state index < -0.39 is 11.2 Å². The lowest BCUT2D eigenvalue weighted by molar-refractivity contribution is -0.127. The number of carboxylic acid groups (broad SMARTS) is 1. The van der Waals surface area contributed by atoms with Crippen LogP contribution >= 0.6 is 23.4 Å². The molecule has 1 aliphatic rings. The van der Waals surface area contributed by atoms with E-state index in [-0.39, 0.29) is 30.3 Å². The second kappa shape index (κ2) is 9.60. The summed E-state index contributed by atoms with van der Waals surface area (Å²) >= 11 is 7.21. The molecule has 9 heteroatoms. The zero-order chi connectivity index (χ0) is 21.7. The average Bonchev–Trinajstić information content (AvgIpc) is 2.97. The number of nitrogens with zero attached hydrogens (tertiary/aromatic N) is 2. The Balaban J connectivity index is 1.71. The number of hydrogen-bond donors (Lipinski definition) is 2. The fourth-order valence-electron chi connectivity index (χ4n) is 2.75. The fourth-order valence-corrected chi connectivity index (χ4v) is 4.11. The molecule has 0 aliphatic carbocycles. The number of aliphatic imine (C=N–C) groups is 1. The van der Waals surface area contributed by atoms with Gasteiger partial charge >= 0.3 is 5.97 Å². The molecule has 7 nitrogen and oxygen atoms in total. The highest BCUT2D eigenvalue weighted by molar-refractivity contribution is 8.15. The van der Waals surface area contributed by atoms with Gasteiger partial charge in [0.15, 0.2) is 5.17 Å². The lowest BCUT2D eigenvalue weighted by Crippen LogP contribution is -2.33. The summed E-state index contributed by atoms with van der Waals surface area (Å²) in [5, 5.41) is 12.0. The highest BCUT2D eigenvalue weighted by Gasteiger charge is 2.38. The molecule has 0 radical (unpaired) electrons. The maximum atomic E-state index is 12.8. The molecule has 2 N–H and O–H groups in total. The predicted molar refractivity (Wildman–Crippen MR) is 118 cm³/mol. The molecule has 1 aliphatic heterocycles. The van der Waals surface area contributed by atoms with Crippen molar-refractivity contribution in [3.05, 3.63) is 71.8 Å². The Morgan fingerprint density at radius 2 is 2.00 bits per heavy atom. The van der Waals surface area contributed by atoms with E-state index in [9.17, 15) is 14.4 Å². The summed E-state index contributed by atoms with van der Waals surface area (Å²) in [6, 6.07) is 12.8. The first-order valence-corrected chi connectivity index (χ1v) is 10.2. The Hall–Kier alpha value is -3.10. The lowest BCUT2D eigenvalue weighted by Gasteiger charge is -2.13. The number of nitrogens with one attached hydrogen (secondary N) is 1. The first-order valence-electron chi connectivity index (χ1n) is 8.94. The molecular weight excluding hydrogens is 426 g/mol. The fraction of sp³-hybridized carbons (Fsp3) is 0.143. The molecule has 1 saturated heterocycles. The summed E-state index contributed by atoms with van der Waals surface area (Å²) in [7, 11) is 0. The SMILES string of the molecule is C=CCN1C(=O)[C@@H](CC(=O)Nc2ccc(C(=O)O)cc2)SC1=Nc1cccc(Cl)c1. The molecule has 154 valence electrons. The van der Waals surface area contributed by atoms with E-state index in [1.807, 2.05) is 0 Å². The zero-order valence-electron chi connectivity index (χ0n) is 15.7. The predicted octanol–water partition coefficient (Wildman–Crippen LogP) is 4.18. The Morgan fingerprint density at radius 1 is 1.27 bits per heavy atom. The molecule has 2 aromatic carbocycles. The maximum Gasteiger partial charge on any atom is 0.335 e. The van der Waals surface area contributed by atoms with Gasteiger partial charge in [-0.2, -0.15) is 0 Å².